The number of nitrogens with one attached hydrogen (secondary N) is 1. The average Bonchev–Trinajstić information content (AvgIpc) is 2.62. The molecule has 0 spiro atoms. The number of methoxy groups -OCH3 is 1. The molecule has 1 aromatic carbocycles. The predicted molar refractivity (Wildman–Crippen MR) is 86.8 cm³/mol. The molecule has 0 heterocycles. The lowest BCUT2D eigenvalue weighted by Crippen LogP contribution is -2.47. The Morgan fingerprint density at radius 3 is 2.22 bits per heavy atom. The second kappa shape index (κ2) is 9.79. The van der Waals surface area contributed by atoms with Crippen LogP contribution in [0.25, 0.3) is 0 Å². The van der Waals surface area contributed by atoms with Gasteiger partial charge in [-0.2, -0.15) is 0 Å². The van der Waals surface area contributed by atoms with Crippen molar-refractivity contribution in [3.8, 4) is 5.75 Å². The normalized spacial score (nSPS) is 13.3. The van der Waals surface area contributed by atoms with Gasteiger partial charge in [-0.15, -0.1) is 13.2 Å². The highest BCUT2D eigenvalue weighted by Gasteiger charge is 2.31. The van der Waals surface area contributed by atoms with Crippen LogP contribution in [0, 0.1) is 5.92 Å². The smallest absolute Gasteiger partial charge is 0.467 e. The fraction of sp³-hybridized carbons (Fsp3) is 0.471. The number of alkyl halides is 3. The first-order chi connectivity index (χ1) is 12.6. The van der Waals surface area contributed by atoms with Crippen LogP contribution in [0.1, 0.15) is 30.6 Å². The highest BCUT2D eigenvalue weighted by Crippen LogP contribution is 2.22. The van der Waals surface area contributed by atoms with Crippen molar-refractivity contribution < 1.29 is 41.8 Å². The Hall–Kier alpha value is -2.78. The summed E-state index contributed by atoms with van der Waals surface area (Å²) in [6, 6.07) is 3.14. The molecular weight excluding hydrogens is 371 g/mol. The number of hydrogen-bond donors (Lipinski definition) is 1. The number of carbonyl (C=O) groups excluding carboxylic acids is 3. The van der Waals surface area contributed by atoms with Gasteiger partial charge in [-0.05, 0) is 30.2 Å². The van der Waals surface area contributed by atoms with Gasteiger partial charge in [0.05, 0.1) is 12.7 Å². The lowest BCUT2D eigenvalue weighted by Gasteiger charge is -2.21. The molecule has 1 amide bonds. The van der Waals surface area contributed by atoms with Crippen LogP contribution in [0.2, 0.25) is 0 Å². The maximum Gasteiger partial charge on any atom is 0.573 e. The Kier molecular flexibility index (Phi) is 8.07. The van der Waals surface area contributed by atoms with Gasteiger partial charge in [0, 0.05) is 0 Å². The molecule has 0 aliphatic heterocycles. The Bertz CT molecular complexity index is 660. The Labute approximate surface area is 153 Å². The maximum atomic E-state index is 12.1. The molecule has 0 aliphatic carbocycles. The molecule has 2 atom stereocenters. The van der Waals surface area contributed by atoms with Gasteiger partial charge in [-0.25, -0.2) is 9.59 Å². The summed E-state index contributed by atoms with van der Waals surface area (Å²) in [6.45, 7) is 2.92. The van der Waals surface area contributed by atoms with Gasteiger partial charge < -0.3 is 19.5 Å². The second-order valence-electron chi connectivity index (χ2n) is 5.60. The minimum Gasteiger partial charge on any atom is -0.467 e. The molecule has 0 fully saturated rings. The van der Waals surface area contributed by atoms with Crippen LogP contribution in [-0.4, -0.2) is 44.0 Å². The molecule has 1 rings (SSSR count). The van der Waals surface area contributed by atoms with E-state index in [4.69, 9.17) is 4.74 Å². The standard InChI is InChI=1S/C17H20F3NO6/c1-4-10(2)14(16(24)25-3)21-13(22)9-26-15(23)11-5-7-12(8-6-11)27-17(18,19)20/h5-8,10,14H,4,9H2,1-3H3,(H,21,22)/t10-,14-/m0/s1. The van der Waals surface area contributed by atoms with Crippen LogP contribution in [0.3, 0.4) is 0 Å². The van der Waals surface area contributed by atoms with E-state index in [2.05, 4.69) is 14.8 Å². The van der Waals surface area contributed by atoms with Gasteiger partial charge in [0.1, 0.15) is 11.8 Å². The summed E-state index contributed by atoms with van der Waals surface area (Å²) in [7, 11) is 1.19. The highest BCUT2D eigenvalue weighted by molar-refractivity contribution is 5.92. The molecule has 1 aromatic rings. The van der Waals surface area contributed by atoms with Crippen molar-refractivity contribution in [1.82, 2.24) is 5.32 Å². The molecule has 27 heavy (non-hydrogen) atoms. The second-order valence-corrected chi connectivity index (χ2v) is 5.60. The number of ether oxygens (including phenoxy) is 3. The van der Waals surface area contributed by atoms with Crippen LogP contribution < -0.4 is 10.1 Å². The maximum absolute atomic E-state index is 12.1. The number of carbonyl (C=O) groups is 3. The molecule has 0 unspecified atom stereocenters. The predicted octanol–water partition coefficient (Wildman–Crippen LogP) is 2.45. The zero-order chi connectivity index (χ0) is 20.6. The van der Waals surface area contributed by atoms with Crippen molar-refractivity contribution in [2.45, 2.75) is 32.7 Å². The number of hydrogen-bond acceptors (Lipinski definition) is 6. The van der Waals surface area contributed by atoms with E-state index >= 15 is 0 Å². The first-order valence-corrected chi connectivity index (χ1v) is 7.97. The summed E-state index contributed by atoms with van der Waals surface area (Å²) in [5, 5.41) is 2.42. The molecule has 1 N–H and O–H groups in total. The lowest BCUT2D eigenvalue weighted by molar-refractivity contribution is -0.274. The minimum atomic E-state index is -4.84. The first-order valence-electron chi connectivity index (χ1n) is 7.97. The van der Waals surface area contributed by atoms with Gasteiger partial charge in [0.25, 0.3) is 5.91 Å². The fourth-order valence-corrected chi connectivity index (χ4v) is 2.02. The number of rotatable bonds is 8. The molecule has 0 bridgehead atoms. The fourth-order valence-electron chi connectivity index (χ4n) is 2.02. The summed E-state index contributed by atoms with van der Waals surface area (Å²) >= 11 is 0. The molecular formula is C17H20F3NO6. The van der Waals surface area contributed by atoms with Crippen molar-refractivity contribution in [3.63, 3.8) is 0 Å². The highest BCUT2D eigenvalue weighted by atomic mass is 19.4. The zero-order valence-electron chi connectivity index (χ0n) is 15.0. The lowest BCUT2D eigenvalue weighted by atomic mass is 9.99. The third-order valence-electron chi connectivity index (χ3n) is 3.64. The summed E-state index contributed by atoms with van der Waals surface area (Å²) in [5.74, 6) is -2.94. The van der Waals surface area contributed by atoms with Crippen LogP contribution in [0.4, 0.5) is 13.2 Å². The van der Waals surface area contributed by atoms with Crippen molar-refractivity contribution in [2.75, 3.05) is 13.7 Å². The molecule has 0 radical (unpaired) electrons. The van der Waals surface area contributed by atoms with E-state index in [0.29, 0.717) is 6.42 Å². The third kappa shape index (κ3) is 7.55. The van der Waals surface area contributed by atoms with Gasteiger partial charge in [0.15, 0.2) is 6.61 Å². The van der Waals surface area contributed by atoms with E-state index in [9.17, 15) is 27.6 Å². The Morgan fingerprint density at radius 1 is 1.15 bits per heavy atom. The van der Waals surface area contributed by atoms with Crippen molar-refractivity contribution in [1.29, 1.82) is 0 Å². The summed E-state index contributed by atoms with van der Waals surface area (Å²) < 4.78 is 49.4. The first kappa shape index (κ1) is 22.3. The zero-order valence-corrected chi connectivity index (χ0v) is 15.0. The van der Waals surface area contributed by atoms with E-state index in [1.807, 2.05) is 6.92 Å². The Morgan fingerprint density at radius 2 is 1.74 bits per heavy atom. The minimum absolute atomic E-state index is 0.0660. The molecule has 0 saturated heterocycles. The molecule has 0 saturated carbocycles. The van der Waals surface area contributed by atoms with E-state index in [0.717, 1.165) is 24.3 Å². The van der Waals surface area contributed by atoms with Crippen LogP contribution >= 0.6 is 0 Å². The van der Waals surface area contributed by atoms with Crippen LogP contribution in [0.15, 0.2) is 24.3 Å². The largest absolute Gasteiger partial charge is 0.573 e. The molecule has 0 aromatic heterocycles. The molecule has 7 nitrogen and oxygen atoms in total. The number of amides is 1. The molecule has 0 aliphatic rings. The molecule has 10 heteroatoms. The van der Waals surface area contributed by atoms with Crippen molar-refractivity contribution in [3.05, 3.63) is 29.8 Å². The van der Waals surface area contributed by atoms with Gasteiger partial charge in [0.2, 0.25) is 0 Å². The number of halogens is 3. The summed E-state index contributed by atoms with van der Waals surface area (Å²) in [4.78, 5) is 35.5. The summed E-state index contributed by atoms with van der Waals surface area (Å²) in [6.07, 6.45) is -4.24. The summed E-state index contributed by atoms with van der Waals surface area (Å²) in [5.41, 5.74) is -0.0660. The monoisotopic (exact) mass is 391 g/mol. The van der Waals surface area contributed by atoms with Gasteiger partial charge >= 0.3 is 18.3 Å². The number of esters is 2. The Balaban J connectivity index is 2.60. The molecule has 150 valence electrons. The van der Waals surface area contributed by atoms with Crippen LogP contribution in [0.5, 0.6) is 5.75 Å². The third-order valence-corrected chi connectivity index (χ3v) is 3.64. The van der Waals surface area contributed by atoms with Gasteiger partial charge in [-0.3, -0.25) is 4.79 Å². The number of benzene rings is 1. The van der Waals surface area contributed by atoms with Gasteiger partial charge in [-0.1, -0.05) is 20.3 Å². The van der Waals surface area contributed by atoms with Crippen LogP contribution in [-0.2, 0) is 19.1 Å². The van der Waals surface area contributed by atoms with E-state index < -0.39 is 42.6 Å². The van der Waals surface area contributed by atoms with E-state index in [1.165, 1.54) is 7.11 Å². The quantitative estimate of drug-likeness (QED) is 0.685. The van der Waals surface area contributed by atoms with Crippen molar-refractivity contribution >= 4 is 17.8 Å². The van der Waals surface area contributed by atoms with E-state index in [1.54, 1.807) is 6.92 Å². The SMILES string of the molecule is CC[C@H](C)[C@H](NC(=O)COC(=O)c1ccc(OC(F)(F)F)cc1)C(=O)OC. The topological polar surface area (TPSA) is 90.9 Å². The van der Waals surface area contributed by atoms with E-state index in [-0.39, 0.29) is 11.5 Å². The van der Waals surface area contributed by atoms with Crippen molar-refractivity contribution in [2.24, 2.45) is 5.92 Å². The average molecular weight is 391 g/mol.